The second-order valence-corrected chi connectivity index (χ2v) is 4.06. The number of hydrogen-bond acceptors (Lipinski definition) is 2. The van der Waals surface area contributed by atoms with Crippen LogP contribution in [0.3, 0.4) is 0 Å². The summed E-state index contributed by atoms with van der Waals surface area (Å²) in [4.78, 5) is 0. The van der Waals surface area contributed by atoms with Crippen molar-refractivity contribution in [2.24, 2.45) is 0 Å². The topological polar surface area (TPSA) is 40.5 Å². The van der Waals surface area contributed by atoms with Gasteiger partial charge in [-0.2, -0.15) is 0 Å². The lowest BCUT2D eigenvalue weighted by Crippen LogP contribution is -1.91. The molecule has 0 saturated heterocycles. The lowest BCUT2D eigenvalue weighted by Gasteiger charge is -2.11. The number of aliphatic hydroxyl groups excluding tert-OH is 1. The van der Waals surface area contributed by atoms with Crippen LogP contribution in [0, 0.1) is 0 Å². The van der Waals surface area contributed by atoms with Gasteiger partial charge in [0.25, 0.3) is 0 Å². The van der Waals surface area contributed by atoms with Crippen LogP contribution >= 0.6 is 0 Å². The number of allylic oxidation sites excluding steroid dienone is 1. The van der Waals surface area contributed by atoms with Crippen LogP contribution in [-0.2, 0) is 0 Å². The summed E-state index contributed by atoms with van der Waals surface area (Å²) in [7, 11) is 0. The molecular formula is C16H16O2. The Morgan fingerprint density at radius 2 is 1.56 bits per heavy atom. The Morgan fingerprint density at radius 3 is 2.17 bits per heavy atom. The number of rotatable bonds is 3. The Bertz CT molecular complexity index is 556. The second kappa shape index (κ2) is 5.41. The first-order valence-electron chi connectivity index (χ1n) is 6.00. The average molecular weight is 240 g/mol. The van der Waals surface area contributed by atoms with E-state index in [4.69, 9.17) is 0 Å². The summed E-state index contributed by atoms with van der Waals surface area (Å²) in [6.07, 6.45) is 0.651. The van der Waals surface area contributed by atoms with Gasteiger partial charge in [-0.1, -0.05) is 55.5 Å². The summed E-state index contributed by atoms with van der Waals surface area (Å²) >= 11 is 0. The van der Waals surface area contributed by atoms with Crippen molar-refractivity contribution in [1.82, 2.24) is 0 Å². The highest BCUT2D eigenvalue weighted by atomic mass is 16.3. The molecule has 2 aromatic carbocycles. The molecule has 0 aliphatic rings. The Kier molecular flexibility index (Phi) is 3.68. The highest BCUT2D eigenvalue weighted by Gasteiger charge is 2.11. The minimum Gasteiger partial charge on any atom is -0.507 e. The van der Waals surface area contributed by atoms with Crippen molar-refractivity contribution >= 4 is 11.3 Å². The molecule has 0 saturated carbocycles. The number of phenols is 1. The number of aliphatic hydroxyl groups is 1. The summed E-state index contributed by atoms with van der Waals surface area (Å²) in [5.41, 5.74) is 2.19. The fraction of sp³-hybridized carbons (Fsp3) is 0.125. The van der Waals surface area contributed by atoms with Crippen LogP contribution in [0.2, 0.25) is 0 Å². The number of aromatic hydroxyl groups is 1. The van der Waals surface area contributed by atoms with Gasteiger partial charge in [0.15, 0.2) is 0 Å². The van der Waals surface area contributed by atoms with Crippen LogP contribution in [0.15, 0.2) is 54.6 Å². The molecule has 0 fully saturated rings. The van der Waals surface area contributed by atoms with E-state index >= 15 is 0 Å². The van der Waals surface area contributed by atoms with Gasteiger partial charge >= 0.3 is 0 Å². The minimum atomic E-state index is 0.192. The molecule has 0 atom stereocenters. The standard InChI is InChI=1S/C16H16O2/c1-2-13(14-10-6-7-11-15(14)17)16(18)12-8-4-3-5-9-12/h3-11,17-18H,2H2,1H3. The molecule has 0 amide bonds. The predicted molar refractivity (Wildman–Crippen MR) is 74.3 cm³/mol. The van der Waals surface area contributed by atoms with E-state index in [1.54, 1.807) is 12.1 Å². The van der Waals surface area contributed by atoms with Crippen molar-refractivity contribution in [3.05, 3.63) is 65.7 Å². The van der Waals surface area contributed by atoms with E-state index in [2.05, 4.69) is 0 Å². The number of phenolic OH excluding ortho intramolecular Hbond substituents is 1. The molecule has 0 radical (unpaired) electrons. The van der Waals surface area contributed by atoms with Crippen LogP contribution in [0.4, 0.5) is 0 Å². The van der Waals surface area contributed by atoms with Crippen molar-refractivity contribution < 1.29 is 10.2 Å². The fourth-order valence-electron chi connectivity index (χ4n) is 1.98. The lowest BCUT2D eigenvalue weighted by atomic mass is 9.98. The van der Waals surface area contributed by atoms with Crippen molar-refractivity contribution in [3.8, 4) is 5.75 Å². The molecule has 0 unspecified atom stereocenters. The quantitative estimate of drug-likeness (QED) is 0.622. The Hall–Kier alpha value is -2.22. The SMILES string of the molecule is CCC(=C(O)c1ccccc1)c1ccccc1O. The molecule has 0 aromatic heterocycles. The molecule has 2 N–H and O–H groups in total. The third kappa shape index (κ3) is 2.38. The van der Waals surface area contributed by atoms with Gasteiger partial charge in [-0.15, -0.1) is 0 Å². The van der Waals surface area contributed by atoms with E-state index < -0.39 is 0 Å². The largest absolute Gasteiger partial charge is 0.507 e. The molecule has 2 rings (SSSR count). The van der Waals surface area contributed by atoms with Crippen molar-refractivity contribution in [2.75, 3.05) is 0 Å². The van der Waals surface area contributed by atoms with Crippen LogP contribution in [0.5, 0.6) is 5.75 Å². The van der Waals surface area contributed by atoms with E-state index in [1.807, 2.05) is 49.4 Å². The summed E-state index contributed by atoms with van der Waals surface area (Å²) in [6.45, 7) is 1.96. The van der Waals surface area contributed by atoms with E-state index in [0.29, 0.717) is 12.0 Å². The maximum absolute atomic E-state index is 10.3. The van der Waals surface area contributed by atoms with Crippen molar-refractivity contribution in [1.29, 1.82) is 0 Å². The monoisotopic (exact) mass is 240 g/mol. The van der Waals surface area contributed by atoms with Gasteiger partial charge in [-0.05, 0) is 12.5 Å². The molecule has 18 heavy (non-hydrogen) atoms. The lowest BCUT2D eigenvalue weighted by molar-refractivity contribution is 0.472. The summed E-state index contributed by atoms with van der Waals surface area (Å²) in [5.74, 6) is 0.413. The van der Waals surface area contributed by atoms with Gasteiger partial charge in [-0.3, -0.25) is 0 Å². The third-order valence-electron chi connectivity index (χ3n) is 2.92. The molecular weight excluding hydrogens is 224 g/mol. The van der Waals surface area contributed by atoms with Crippen molar-refractivity contribution in [2.45, 2.75) is 13.3 Å². The summed E-state index contributed by atoms with van der Waals surface area (Å²) in [6, 6.07) is 16.4. The zero-order chi connectivity index (χ0) is 13.0. The van der Waals surface area contributed by atoms with Crippen LogP contribution < -0.4 is 0 Å². The van der Waals surface area contributed by atoms with Gasteiger partial charge in [0.05, 0.1) is 0 Å². The van der Waals surface area contributed by atoms with Crippen LogP contribution in [0.1, 0.15) is 24.5 Å². The molecule has 0 aliphatic heterocycles. The van der Waals surface area contributed by atoms with Gasteiger partial charge in [0.1, 0.15) is 11.5 Å². The first-order chi connectivity index (χ1) is 8.74. The molecule has 2 nitrogen and oxygen atoms in total. The molecule has 92 valence electrons. The number of benzene rings is 2. The van der Waals surface area contributed by atoms with E-state index in [1.165, 1.54) is 0 Å². The van der Waals surface area contributed by atoms with Crippen LogP contribution in [0.25, 0.3) is 11.3 Å². The van der Waals surface area contributed by atoms with Crippen LogP contribution in [-0.4, -0.2) is 10.2 Å². The fourth-order valence-corrected chi connectivity index (χ4v) is 1.98. The third-order valence-corrected chi connectivity index (χ3v) is 2.92. The number of hydrogen-bond donors (Lipinski definition) is 2. The maximum atomic E-state index is 10.3. The van der Waals surface area contributed by atoms with Crippen molar-refractivity contribution in [3.63, 3.8) is 0 Å². The highest BCUT2D eigenvalue weighted by molar-refractivity contribution is 5.88. The molecule has 2 heteroatoms. The molecule has 0 aliphatic carbocycles. The van der Waals surface area contributed by atoms with Gasteiger partial charge in [-0.25, -0.2) is 0 Å². The maximum Gasteiger partial charge on any atom is 0.126 e. The smallest absolute Gasteiger partial charge is 0.126 e. The second-order valence-electron chi connectivity index (χ2n) is 4.06. The number of para-hydroxylation sites is 1. The summed E-state index contributed by atoms with van der Waals surface area (Å²) < 4.78 is 0. The molecule has 2 aromatic rings. The minimum absolute atomic E-state index is 0.192. The van der Waals surface area contributed by atoms with E-state index in [0.717, 1.165) is 11.1 Å². The van der Waals surface area contributed by atoms with Gasteiger partial charge in [0, 0.05) is 16.7 Å². The first-order valence-corrected chi connectivity index (χ1v) is 6.00. The Morgan fingerprint density at radius 1 is 0.944 bits per heavy atom. The Balaban J connectivity index is 2.55. The zero-order valence-electron chi connectivity index (χ0n) is 10.3. The Labute approximate surface area is 107 Å². The normalized spacial score (nSPS) is 12.1. The predicted octanol–water partition coefficient (Wildman–Crippen LogP) is 4.23. The van der Waals surface area contributed by atoms with Gasteiger partial charge in [0.2, 0.25) is 0 Å². The highest BCUT2D eigenvalue weighted by Crippen LogP contribution is 2.32. The molecule has 0 heterocycles. The zero-order valence-corrected chi connectivity index (χ0v) is 10.3. The average Bonchev–Trinajstić information content (AvgIpc) is 2.42. The molecule has 0 bridgehead atoms. The van der Waals surface area contributed by atoms with E-state index in [9.17, 15) is 10.2 Å². The molecule has 0 spiro atoms. The van der Waals surface area contributed by atoms with Gasteiger partial charge < -0.3 is 10.2 Å². The van der Waals surface area contributed by atoms with E-state index in [-0.39, 0.29) is 11.5 Å². The first kappa shape index (κ1) is 12.2. The summed E-state index contributed by atoms with van der Waals surface area (Å²) in [5, 5.41) is 20.2.